The molecule has 1 N–H and O–H groups in total. The second-order valence-corrected chi connectivity index (χ2v) is 12.8. The van der Waals surface area contributed by atoms with Crippen LogP contribution in [0.2, 0.25) is 5.02 Å². The summed E-state index contributed by atoms with van der Waals surface area (Å²) in [6, 6.07) is 12.0. The maximum absolute atomic E-state index is 16.2. The maximum Gasteiger partial charge on any atom is 0.319 e. The Morgan fingerprint density at radius 3 is 2.58 bits per heavy atom. The van der Waals surface area contributed by atoms with Crippen molar-refractivity contribution in [2.45, 2.75) is 83.5 Å². The molecule has 6 rings (SSSR count). The van der Waals surface area contributed by atoms with Crippen molar-refractivity contribution in [1.82, 2.24) is 20.2 Å². The summed E-state index contributed by atoms with van der Waals surface area (Å²) in [6.45, 7) is 9.70. The zero-order chi connectivity index (χ0) is 29.9. The van der Waals surface area contributed by atoms with Gasteiger partial charge < -0.3 is 15.0 Å². The Morgan fingerprint density at radius 1 is 1.09 bits per heavy atom. The average molecular weight is 602 g/mol. The van der Waals surface area contributed by atoms with E-state index in [1.54, 1.807) is 12.1 Å². The molecule has 226 valence electrons. The van der Waals surface area contributed by atoms with E-state index in [1.165, 1.54) is 19.3 Å². The fraction of sp³-hybridized carbons (Fsp3) is 0.486. The lowest BCUT2D eigenvalue weighted by molar-refractivity contribution is 0.0954. The molecule has 4 atom stereocenters. The molecule has 2 aromatic carbocycles. The molecule has 0 saturated carbocycles. The molecule has 43 heavy (non-hydrogen) atoms. The standard InChI is InChI=1S/C35H41ClFN5O/c1-23-10-4-5-13-26(23)14-6-7-15-29-31(36)20-30-33(32(29)37)39-35(40-34(30)41-21-27-16-17-28(22-41)38-27)43-19-9-18-42-24(2)11-8-12-25(42)3/h4-6,10,13-14,20,24-25,27-28,38H,8-9,11-12,16-19,21-22H2,1-3H3/b14-6-. The number of halogens is 2. The van der Waals surface area contributed by atoms with Gasteiger partial charge in [-0.3, -0.25) is 4.90 Å². The van der Waals surface area contributed by atoms with E-state index in [0.717, 1.165) is 50.0 Å². The highest BCUT2D eigenvalue weighted by Crippen LogP contribution is 2.35. The molecule has 4 unspecified atom stereocenters. The van der Waals surface area contributed by atoms with Crippen LogP contribution in [0.5, 0.6) is 6.01 Å². The lowest BCUT2D eigenvalue weighted by Gasteiger charge is -2.39. The normalized spacial score (nSPS) is 24.0. The number of hydrogen-bond acceptors (Lipinski definition) is 6. The van der Waals surface area contributed by atoms with Crippen molar-refractivity contribution >= 4 is 34.4 Å². The van der Waals surface area contributed by atoms with Gasteiger partial charge in [0, 0.05) is 49.2 Å². The number of fused-ring (bicyclic) bond motifs is 3. The monoisotopic (exact) mass is 601 g/mol. The van der Waals surface area contributed by atoms with Crippen LogP contribution >= 0.6 is 11.6 Å². The number of rotatable bonds is 7. The third-order valence-electron chi connectivity index (χ3n) is 9.26. The predicted octanol–water partition coefficient (Wildman–Crippen LogP) is 6.77. The zero-order valence-electron chi connectivity index (χ0n) is 25.4. The number of anilines is 1. The Kier molecular flexibility index (Phi) is 9.18. The molecule has 0 spiro atoms. The number of hydrogen-bond donors (Lipinski definition) is 1. The SMILES string of the molecule is Cc1ccccc1/C=C\C#Cc1c(Cl)cc2c(N3CC4CCC(C3)N4)nc(OCCCN3C(C)CCCC3C)nc2c1F. The molecule has 1 aromatic heterocycles. The highest BCUT2D eigenvalue weighted by Gasteiger charge is 2.34. The van der Waals surface area contributed by atoms with Gasteiger partial charge in [0.25, 0.3) is 0 Å². The number of piperazine rings is 1. The quantitative estimate of drug-likeness (QED) is 0.238. The molecule has 3 saturated heterocycles. The molecule has 3 aliphatic rings. The Morgan fingerprint density at radius 2 is 1.84 bits per heavy atom. The summed E-state index contributed by atoms with van der Waals surface area (Å²) in [5, 5.41) is 4.51. The van der Waals surface area contributed by atoms with Crippen molar-refractivity contribution in [2.24, 2.45) is 0 Å². The highest BCUT2D eigenvalue weighted by molar-refractivity contribution is 6.32. The van der Waals surface area contributed by atoms with E-state index >= 15 is 4.39 Å². The van der Waals surface area contributed by atoms with Gasteiger partial charge in [-0.25, -0.2) is 4.39 Å². The molecule has 2 bridgehead atoms. The van der Waals surface area contributed by atoms with Crippen molar-refractivity contribution in [2.75, 3.05) is 31.1 Å². The molecule has 3 aromatic rings. The molecule has 0 radical (unpaired) electrons. The van der Waals surface area contributed by atoms with Crippen LogP contribution in [0.15, 0.2) is 36.4 Å². The Balaban J connectivity index is 1.28. The molecular formula is C35H41ClFN5O. The Labute approximate surface area is 259 Å². The summed E-state index contributed by atoms with van der Waals surface area (Å²) in [7, 11) is 0. The summed E-state index contributed by atoms with van der Waals surface area (Å²) in [5.41, 5.74) is 2.54. The largest absolute Gasteiger partial charge is 0.463 e. The van der Waals surface area contributed by atoms with Crippen molar-refractivity contribution in [3.63, 3.8) is 0 Å². The fourth-order valence-corrected chi connectivity index (χ4v) is 7.13. The van der Waals surface area contributed by atoms with Crippen LogP contribution in [0.3, 0.4) is 0 Å². The first-order chi connectivity index (χ1) is 20.9. The molecule has 3 fully saturated rings. The Bertz CT molecular complexity index is 1540. The fourth-order valence-electron chi connectivity index (χ4n) is 6.90. The van der Waals surface area contributed by atoms with Gasteiger partial charge >= 0.3 is 6.01 Å². The number of likely N-dealkylation sites (tertiary alicyclic amines) is 1. The van der Waals surface area contributed by atoms with Crippen molar-refractivity contribution in [3.05, 3.63) is 63.9 Å². The third-order valence-corrected chi connectivity index (χ3v) is 9.56. The van der Waals surface area contributed by atoms with Crippen molar-refractivity contribution < 1.29 is 9.13 Å². The van der Waals surface area contributed by atoms with Crippen LogP contribution < -0.4 is 15.0 Å². The summed E-state index contributed by atoms with van der Waals surface area (Å²) < 4.78 is 22.3. The molecule has 4 heterocycles. The third kappa shape index (κ3) is 6.67. The van der Waals surface area contributed by atoms with Gasteiger partial charge in [0.15, 0.2) is 5.82 Å². The van der Waals surface area contributed by atoms with E-state index in [9.17, 15) is 0 Å². The molecule has 0 amide bonds. The summed E-state index contributed by atoms with van der Waals surface area (Å²) in [4.78, 5) is 14.2. The smallest absolute Gasteiger partial charge is 0.319 e. The van der Waals surface area contributed by atoms with Gasteiger partial charge in [-0.2, -0.15) is 9.97 Å². The second kappa shape index (κ2) is 13.2. The Hall–Kier alpha value is -3.18. The topological polar surface area (TPSA) is 53.5 Å². The zero-order valence-corrected chi connectivity index (χ0v) is 26.1. The molecule has 3 aliphatic heterocycles. The van der Waals surface area contributed by atoms with Crippen LogP contribution in [0.1, 0.15) is 69.1 Å². The molecule has 6 nitrogen and oxygen atoms in total. The number of benzene rings is 2. The van der Waals surface area contributed by atoms with Gasteiger partial charge in [-0.05, 0) is 82.2 Å². The molecular weight excluding hydrogens is 561 g/mol. The number of nitrogens with zero attached hydrogens (tertiary/aromatic N) is 4. The van der Waals surface area contributed by atoms with Gasteiger partial charge in [-0.1, -0.05) is 54.1 Å². The van der Waals surface area contributed by atoms with Crippen LogP contribution in [0.4, 0.5) is 10.2 Å². The predicted molar refractivity (Wildman–Crippen MR) is 173 cm³/mol. The van der Waals surface area contributed by atoms with E-state index in [4.69, 9.17) is 21.3 Å². The van der Waals surface area contributed by atoms with Gasteiger partial charge in [-0.15, -0.1) is 0 Å². The number of aromatic nitrogens is 2. The molecule has 8 heteroatoms. The number of piperidine rings is 1. The minimum absolute atomic E-state index is 0.132. The average Bonchev–Trinajstić information content (AvgIpc) is 3.33. The number of nitrogens with one attached hydrogen (secondary N) is 1. The summed E-state index contributed by atoms with van der Waals surface area (Å²) in [5.74, 6) is 6.03. The van der Waals surface area contributed by atoms with Gasteiger partial charge in [0.2, 0.25) is 0 Å². The van der Waals surface area contributed by atoms with Crippen molar-refractivity contribution in [1.29, 1.82) is 0 Å². The van der Waals surface area contributed by atoms with Crippen LogP contribution in [0, 0.1) is 24.6 Å². The highest BCUT2D eigenvalue weighted by atomic mass is 35.5. The maximum atomic E-state index is 16.2. The molecule has 0 aliphatic carbocycles. The van der Waals surface area contributed by atoms with E-state index in [1.807, 2.05) is 37.3 Å². The first-order valence-electron chi connectivity index (χ1n) is 15.7. The minimum atomic E-state index is -0.540. The minimum Gasteiger partial charge on any atom is -0.463 e. The van der Waals surface area contributed by atoms with Crippen LogP contribution in [-0.4, -0.2) is 65.3 Å². The van der Waals surface area contributed by atoms with Crippen LogP contribution in [0.25, 0.3) is 17.0 Å². The number of ether oxygens (including phenoxy) is 1. The van der Waals surface area contributed by atoms with E-state index in [0.29, 0.717) is 42.0 Å². The summed E-state index contributed by atoms with van der Waals surface area (Å²) >= 11 is 6.66. The van der Waals surface area contributed by atoms with E-state index in [2.05, 4.69) is 45.8 Å². The van der Waals surface area contributed by atoms with Crippen molar-refractivity contribution in [3.8, 4) is 17.9 Å². The lowest BCUT2D eigenvalue weighted by atomic mass is 9.97. The second-order valence-electron chi connectivity index (χ2n) is 12.3. The van der Waals surface area contributed by atoms with Gasteiger partial charge in [0.05, 0.1) is 17.2 Å². The van der Waals surface area contributed by atoms with E-state index in [-0.39, 0.29) is 22.1 Å². The number of aryl methyl sites for hydroxylation is 1. The lowest BCUT2D eigenvalue weighted by Crippen LogP contribution is -2.51. The van der Waals surface area contributed by atoms with Crippen LogP contribution in [-0.2, 0) is 0 Å². The van der Waals surface area contributed by atoms with Gasteiger partial charge in [0.1, 0.15) is 11.3 Å². The summed E-state index contributed by atoms with van der Waals surface area (Å²) in [6.07, 6.45) is 10.5. The van der Waals surface area contributed by atoms with E-state index < -0.39 is 5.82 Å². The first kappa shape index (κ1) is 29.9. The number of allylic oxidation sites excluding steroid dienone is 1. The first-order valence-corrected chi connectivity index (χ1v) is 16.1.